The predicted molar refractivity (Wildman–Crippen MR) is 81.5 cm³/mol. The van der Waals surface area contributed by atoms with Crippen molar-refractivity contribution < 1.29 is 9.90 Å². The molecule has 0 amide bonds. The number of rotatable bonds is 5. The maximum Gasteiger partial charge on any atom is 0.337 e. The first-order chi connectivity index (χ1) is 9.61. The standard InChI is InChI=1S/C16H18N2O2/c1-2-4-11-7-9-12(10-8-11)18-14-6-3-5-13(15(14)17)16(19)20/h3,5-10,18H,2,4,17H2,1H3,(H,19,20). The van der Waals surface area contributed by atoms with Gasteiger partial charge in [0, 0.05) is 5.69 Å². The van der Waals surface area contributed by atoms with E-state index in [0.29, 0.717) is 5.69 Å². The zero-order valence-corrected chi connectivity index (χ0v) is 11.4. The van der Waals surface area contributed by atoms with Crippen LogP contribution in [0, 0.1) is 0 Å². The first kappa shape index (κ1) is 13.9. The Morgan fingerprint density at radius 1 is 1.20 bits per heavy atom. The fourth-order valence-corrected chi connectivity index (χ4v) is 2.06. The third-order valence-corrected chi connectivity index (χ3v) is 3.11. The molecule has 4 nitrogen and oxygen atoms in total. The second-order valence-corrected chi connectivity index (χ2v) is 4.64. The van der Waals surface area contributed by atoms with Crippen LogP contribution in [0.3, 0.4) is 0 Å². The minimum absolute atomic E-state index is 0.109. The van der Waals surface area contributed by atoms with Crippen LogP contribution in [0.5, 0.6) is 0 Å². The van der Waals surface area contributed by atoms with Gasteiger partial charge in [0.05, 0.1) is 16.9 Å². The summed E-state index contributed by atoms with van der Waals surface area (Å²) in [6.45, 7) is 2.14. The van der Waals surface area contributed by atoms with Crippen LogP contribution < -0.4 is 11.1 Å². The van der Waals surface area contributed by atoms with Crippen LogP contribution in [0.15, 0.2) is 42.5 Å². The second kappa shape index (κ2) is 6.10. The predicted octanol–water partition coefficient (Wildman–Crippen LogP) is 3.66. The van der Waals surface area contributed by atoms with Crippen LogP contribution in [-0.2, 0) is 6.42 Å². The highest BCUT2D eigenvalue weighted by Crippen LogP contribution is 2.26. The molecule has 0 aliphatic carbocycles. The summed E-state index contributed by atoms with van der Waals surface area (Å²) in [6.07, 6.45) is 2.16. The Bertz CT molecular complexity index is 606. The molecule has 0 saturated heterocycles. The number of benzene rings is 2. The number of aryl methyl sites for hydroxylation is 1. The number of carbonyl (C=O) groups is 1. The molecule has 2 aromatic rings. The van der Waals surface area contributed by atoms with Crippen LogP contribution in [0.2, 0.25) is 0 Å². The normalized spacial score (nSPS) is 10.2. The lowest BCUT2D eigenvalue weighted by Gasteiger charge is -2.11. The molecule has 0 saturated carbocycles. The average Bonchev–Trinajstić information content (AvgIpc) is 2.43. The van der Waals surface area contributed by atoms with Gasteiger partial charge in [-0.3, -0.25) is 0 Å². The monoisotopic (exact) mass is 270 g/mol. The number of hydrogen-bond donors (Lipinski definition) is 3. The first-order valence-corrected chi connectivity index (χ1v) is 6.59. The maximum atomic E-state index is 11.0. The zero-order chi connectivity index (χ0) is 14.5. The molecule has 2 rings (SSSR count). The third kappa shape index (κ3) is 3.09. The van der Waals surface area contributed by atoms with E-state index in [0.717, 1.165) is 18.5 Å². The summed E-state index contributed by atoms with van der Waals surface area (Å²) < 4.78 is 0. The number of carboxylic acids is 1. The van der Waals surface area contributed by atoms with Crippen molar-refractivity contribution in [2.75, 3.05) is 11.1 Å². The molecule has 0 heterocycles. The van der Waals surface area contributed by atoms with Gasteiger partial charge < -0.3 is 16.2 Å². The van der Waals surface area contributed by atoms with Gasteiger partial charge in [0.2, 0.25) is 0 Å². The minimum atomic E-state index is -1.02. The van der Waals surface area contributed by atoms with E-state index in [-0.39, 0.29) is 11.3 Å². The molecule has 2 aromatic carbocycles. The molecule has 20 heavy (non-hydrogen) atoms. The van der Waals surface area contributed by atoms with E-state index in [4.69, 9.17) is 10.8 Å². The molecule has 0 aromatic heterocycles. The van der Waals surface area contributed by atoms with Crippen LogP contribution >= 0.6 is 0 Å². The highest BCUT2D eigenvalue weighted by atomic mass is 16.4. The molecule has 0 aliphatic heterocycles. The van der Waals surface area contributed by atoms with Gasteiger partial charge in [-0.15, -0.1) is 0 Å². The van der Waals surface area contributed by atoms with Crippen molar-refractivity contribution in [1.29, 1.82) is 0 Å². The summed E-state index contributed by atoms with van der Waals surface area (Å²) >= 11 is 0. The number of nitrogens with two attached hydrogens (primary N) is 1. The molecule has 0 fully saturated rings. The van der Waals surface area contributed by atoms with Gasteiger partial charge in [-0.2, -0.15) is 0 Å². The summed E-state index contributed by atoms with van der Waals surface area (Å²) in [5.41, 5.74) is 9.00. The summed E-state index contributed by atoms with van der Waals surface area (Å²) in [7, 11) is 0. The van der Waals surface area contributed by atoms with Gasteiger partial charge in [0.25, 0.3) is 0 Å². The van der Waals surface area contributed by atoms with E-state index in [1.54, 1.807) is 12.1 Å². The number of anilines is 3. The quantitative estimate of drug-likeness (QED) is 0.725. The molecule has 4 N–H and O–H groups in total. The molecule has 4 heteroatoms. The Labute approximate surface area is 118 Å². The topological polar surface area (TPSA) is 75.3 Å². The summed E-state index contributed by atoms with van der Waals surface area (Å²) in [5.74, 6) is -1.02. The van der Waals surface area contributed by atoms with Crippen molar-refractivity contribution in [2.45, 2.75) is 19.8 Å². The van der Waals surface area contributed by atoms with Crippen LogP contribution in [0.4, 0.5) is 17.1 Å². The Morgan fingerprint density at radius 3 is 2.50 bits per heavy atom. The first-order valence-electron chi connectivity index (χ1n) is 6.59. The minimum Gasteiger partial charge on any atom is -0.478 e. The van der Waals surface area contributed by atoms with E-state index in [1.807, 2.05) is 12.1 Å². The number of nitrogens with one attached hydrogen (secondary N) is 1. The van der Waals surface area contributed by atoms with Crippen molar-refractivity contribution in [1.82, 2.24) is 0 Å². The highest BCUT2D eigenvalue weighted by molar-refractivity contribution is 5.97. The third-order valence-electron chi connectivity index (χ3n) is 3.11. The van der Waals surface area contributed by atoms with Crippen LogP contribution in [0.25, 0.3) is 0 Å². The molecule has 0 radical (unpaired) electrons. The lowest BCUT2D eigenvalue weighted by molar-refractivity contribution is 0.0698. The maximum absolute atomic E-state index is 11.0. The molecule has 0 unspecified atom stereocenters. The molecule has 0 bridgehead atoms. The van der Waals surface area contributed by atoms with Gasteiger partial charge >= 0.3 is 5.97 Å². The SMILES string of the molecule is CCCc1ccc(Nc2cccc(C(=O)O)c2N)cc1. The van der Waals surface area contributed by atoms with Crippen molar-refractivity contribution in [2.24, 2.45) is 0 Å². The largest absolute Gasteiger partial charge is 0.478 e. The Morgan fingerprint density at radius 2 is 1.90 bits per heavy atom. The second-order valence-electron chi connectivity index (χ2n) is 4.64. The Hall–Kier alpha value is -2.49. The number of nitrogen functional groups attached to an aromatic ring is 1. The summed E-state index contributed by atoms with van der Waals surface area (Å²) in [4.78, 5) is 11.0. The van der Waals surface area contributed by atoms with Gasteiger partial charge in [0.1, 0.15) is 0 Å². The summed E-state index contributed by atoms with van der Waals surface area (Å²) in [5, 5.41) is 12.2. The van der Waals surface area contributed by atoms with Crippen molar-refractivity contribution in [3.8, 4) is 0 Å². The molecular weight excluding hydrogens is 252 g/mol. The van der Waals surface area contributed by atoms with Gasteiger partial charge in [-0.05, 0) is 36.2 Å². The van der Waals surface area contributed by atoms with E-state index >= 15 is 0 Å². The van der Waals surface area contributed by atoms with Crippen LogP contribution in [-0.4, -0.2) is 11.1 Å². The van der Waals surface area contributed by atoms with E-state index in [2.05, 4.69) is 24.4 Å². The molecule has 104 valence electrons. The van der Waals surface area contributed by atoms with Crippen LogP contribution in [0.1, 0.15) is 29.3 Å². The molecule has 0 aliphatic rings. The van der Waals surface area contributed by atoms with Crippen molar-refractivity contribution in [3.63, 3.8) is 0 Å². The van der Waals surface area contributed by atoms with Gasteiger partial charge in [0.15, 0.2) is 0 Å². The highest BCUT2D eigenvalue weighted by Gasteiger charge is 2.10. The Kier molecular flexibility index (Phi) is 4.25. The van der Waals surface area contributed by atoms with Gasteiger partial charge in [-0.25, -0.2) is 4.79 Å². The molecule has 0 spiro atoms. The van der Waals surface area contributed by atoms with Crippen molar-refractivity contribution in [3.05, 3.63) is 53.6 Å². The average molecular weight is 270 g/mol. The number of hydrogen-bond acceptors (Lipinski definition) is 3. The van der Waals surface area contributed by atoms with Gasteiger partial charge in [-0.1, -0.05) is 31.5 Å². The van der Waals surface area contributed by atoms with E-state index in [9.17, 15) is 4.79 Å². The van der Waals surface area contributed by atoms with E-state index < -0.39 is 5.97 Å². The zero-order valence-electron chi connectivity index (χ0n) is 11.4. The summed E-state index contributed by atoms with van der Waals surface area (Å²) in [6, 6.07) is 13.0. The number of carboxylic acid groups (broad SMARTS) is 1. The molecule has 0 atom stereocenters. The lowest BCUT2D eigenvalue weighted by Crippen LogP contribution is -2.05. The fraction of sp³-hybridized carbons (Fsp3) is 0.188. The van der Waals surface area contributed by atoms with E-state index in [1.165, 1.54) is 11.6 Å². The lowest BCUT2D eigenvalue weighted by atomic mass is 10.1. The fourth-order valence-electron chi connectivity index (χ4n) is 2.06. The Balaban J connectivity index is 2.21. The number of para-hydroxylation sites is 1. The molecular formula is C16H18N2O2. The smallest absolute Gasteiger partial charge is 0.337 e. The number of aromatic carboxylic acids is 1. The van der Waals surface area contributed by atoms with Crippen molar-refractivity contribution >= 4 is 23.0 Å².